The van der Waals surface area contributed by atoms with Crippen LogP contribution in [0.15, 0.2) is 22.8 Å². The third-order valence-corrected chi connectivity index (χ3v) is 3.34. The number of nitrogens with two attached hydrogens (primary N) is 1. The second kappa shape index (κ2) is 6.38. The highest BCUT2D eigenvalue weighted by Gasteiger charge is 2.26. The van der Waals surface area contributed by atoms with Gasteiger partial charge in [-0.3, -0.25) is 9.59 Å². The quantitative estimate of drug-likeness (QED) is 0.804. The van der Waals surface area contributed by atoms with Gasteiger partial charge in [0.05, 0.1) is 6.26 Å². The molecule has 0 spiro atoms. The van der Waals surface area contributed by atoms with E-state index in [1.165, 1.54) is 6.26 Å². The molecule has 0 aromatic carbocycles. The molecule has 0 radical (unpaired) electrons. The van der Waals surface area contributed by atoms with Crippen molar-refractivity contribution in [2.75, 3.05) is 19.6 Å². The van der Waals surface area contributed by atoms with Gasteiger partial charge in [0.15, 0.2) is 5.76 Å². The Balaban J connectivity index is 1.73. The van der Waals surface area contributed by atoms with Crippen LogP contribution in [0.5, 0.6) is 0 Å². The Morgan fingerprint density at radius 1 is 1.53 bits per heavy atom. The summed E-state index contributed by atoms with van der Waals surface area (Å²) in [4.78, 5) is 25.4. The number of nitrogens with one attached hydrogen (secondary N) is 1. The van der Waals surface area contributed by atoms with E-state index in [1.54, 1.807) is 12.1 Å². The molecule has 1 saturated heterocycles. The van der Waals surface area contributed by atoms with E-state index in [2.05, 4.69) is 5.32 Å². The van der Waals surface area contributed by atoms with Crippen LogP contribution >= 0.6 is 0 Å². The minimum atomic E-state index is -0.297. The Kier molecular flexibility index (Phi) is 4.57. The third kappa shape index (κ3) is 3.35. The van der Waals surface area contributed by atoms with Crippen LogP contribution < -0.4 is 11.1 Å². The molecule has 104 valence electrons. The summed E-state index contributed by atoms with van der Waals surface area (Å²) in [6.07, 6.45) is 3.71. The SMILES string of the molecule is NCC1CCCN1C(=O)CCNC(=O)c1ccco1. The fourth-order valence-corrected chi connectivity index (χ4v) is 2.33. The largest absolute Gasteiger partial charge is 0.459 e. The Hall–Kier alpha value is -1.82. The van der Waals surface area contributed by atoms with Crippen molar-refractivity contribution in [3.8, 4) is 0 Å². The van der Waals surface area contributed by atoms with E-state index in [9.17, 15) is 9.59 Å². The van der Waals surface area contributed by atoms with Crippen LogP contribution in [-0.4, -0.2) is 42.4 Å². The summed E-state index contributed by atoms with van der Waals surface area (Å²) in [6, 6.07) is 3.39. The number of likely N-dealkylation sites (tertiary alicyclic amines) is 1. The van der Waals surface area contributed by atoms with Crippen molar-refractivity contribution in [1.82, 2.24) is 10.2 Å². The lowest BCUT2D eigenvalue weighted by molar-refractivity contribution is -0.131. The molecule has 0 aliphatic carbocycles. The summed E-state index contributed by atoms with van der Waals surface area (Å²) in [5, 5.41) is 2.66. The van der Waals surface area contributed by atoms with Crippen molar-refractivity contribution in [3.05, 3.63) is 24.2 Å². The Bertz CT molecular complexity index is 430. The second-order valence-corrected chi connectivity index (χ2v) is 4.60. The zero-order chi connectivity index (χ0) is 13.7. The Morgan fingerprint density at radius 3 is 3.05 bits per heavy atom. The minimum Gasteiger partial charge on any atom is -0.459 e. The molecule has 1 aromatic rings. The summed E-state index contributed by atoms with van der Waals surface area (Å²) < 4.78 is 4.96. The van der Waals surface area contributed by atoms with Crippen molar-refractivity contribution in [2.24, 2.45) is 5.73 Å². The molecule has 1 aliphatic heterocycles. The maximum atomic E-state index is 12.0. The fourth-order valence-electron chi connectivity index (χ4n) is 2.33. The zero-order valence-corrected chi connectivity index (χ0v) is 10.8. The third-order valence-electron chi connectivity index (χ3n) is 3.34. The molecule has 2 heterocycles. The van der Waals surface area contributed by atoms with Crippen molar-refractivity contribution in [1.29, 1.82) is 0 Å². The van der Waals surface area contributed by atoms with Crippen LogP contribution in [0.1, 0.15) is 29.8 Å². The van der Waals surface area contributed by atoms with Crippen molar-refractivity contribution in [2.45, 2.75) is 25.3 Å². The second-order valence-electron chi connectivity index (χ2n) is 4.60. The molecule has 6 nitrogen and oxygen atoms in total. The van der Waals surface area contributed by atoms with Gasteiger partial charge in [0.25, 0.3) is 5.91 Å². The molecule has 1 fully saturated rings. The Morgan fingerprint density at radius 2 is 2.37 bits per heavy atom. The minimum absolute atomic E-state index is 0.0488. The average molecular weight is 265 g/mol. The van der Waals surface area contributed by atoms with E-state index in [-0.39, 0.29) is 23.6 Å². The van der Waals surface area contributed by atoms with Gasteiger partial charge in [-0.05, 0) is 25.0 Å². The number of hydrogen-bond donors (Lipinski definition) is 2. The number of furan rings is 1. The van der Waals surface area contributed by atoms with E-state index < -0.39 is 0 Å². The number of amides is 2. The standard InChI is InChI=1S/C13H19N3O3/c14-9-10-3-1-7-16(10)12(17)5-6-15-13(18)11-4-2-8-19-11/h2,4,8,10H,1,3,5-7,9,14H2,(H,15,18). The first-order chi connectivity index (χ1) is 9.22. The van der Waals surface area contributed by atoms with Crippen LogP contribution in [0, 0.1) is 0 Å². The molecule has 0 saturated carbocycles. The maximum Gasteiger partial charge on any atom is 0.286 e. The molecule has 0 bridgehead atoms. The van der Waals surface area contributed by atoms with Gasteiger partial charge in [0.1, 0.15) is 0 Å². The molecule has 19 heavy (non-hydrogen) atoms. The summed E-state index contributed by atoms with van der Waals surface area (Å²) >= 11 is 0. The molecular weight excluding hydrogens is 246 g/mol. The van der Waals surface area contributed by atoms with Gasteiger partial charge in [-0.2, -0.15) is 0 Å². The fraction of sp³-hybridized carbons (Fsp3) is 0.538. The monoisotopic (exact) mass is 265 g/mol. The molecule has 1 atom stereocenters. The van der Waals surface area contributed by atoms with E-state index in [1.807, 2.05) is 4.90 Å². The number of carbonyl (C=O) groups excluding carboxylic acids is 2. The highest BCUT2D eigenvalue weighted by Crippen LogP contribution is 2.16. The Labute approximate surface area is 111 Å². The first-order valence-electron chi connectivity index (χ1n) is 6.53. The van der Waals surface area contributed by atoms with E-state index in [0.29, 0.717) is 19.5 Å². The highest BCUT2D eigenvalue weighted by molar-refractivity contribution is 5.91. The molecule has 1 aromatic heterocycles. The predicted molar refractivity (Wildman–Crippen MR) is 69.4 cm³/mol. The normalized spacial score (nSPS) is 18.6. The van der Waals surface area contributed by atoms with Gasteiger partial charge in [-0.25, -0.2) is 0 Å². The van der Waals surface area contributed by atoms with E-state index in [4.69, 9.17) is 10.2 Å². The van der Waals surface area contributed by atoms with Crippen molar-refractivity contribution in [3.63, 3.8) is 0 Å². The average Bonchev–Trinajstić information content (AvgIpc) is 3.09. The smallest absolute Gasteiger partial charge is 0.286 e. The first kappa shape index (κ1) is 13.6. The lowest BCUT2D eigenvalue weighted by Gasteiger charge is -2.23. The maximum absolute atomic E-state index is 12.0. The molecule has 1 unspecified atom stereocenters. The van der Waals surface area contributed by atoms with Gasteiger partial charge in [0, 0.05) is 32.1 Å². The van der Waals surface area contributed by atoms with Gasteiger partial charge in [-0.15, -0.1) is 0 Å². The molecule has 3 N–H and O–H groups in total. The number of hydrogen-bond acceptors (Lipinski definition) is 4. The number of rotatable bonds is 5. The molecule has 1 aliphatic rings. The highest BCUT2D eigenvalue weighted by atomic mass is 16.3. The molecule has 2 amide bonds. The van der Waals surface area contributed by atoms with Crippen LogP contribution in [-0.2, 0) is 4.79 Å². The van der Waals surface area contributed by atoms with Crippen LogP contribution in [0.3, 0.4) is 0 Å². The van der Waals surface area contributed by atoms with Crippen LogP contribution in [0.2, 0.25) is 0 Å². The van der Waals surface area contributed by atoms with Crippen LogP contribution in [0.4, 0.5) is 0 Å². The van der Waals surface area contributed by atoms with E-state index in [0.717, 1.165) is 19.4 Å². The van der Waals surface area contributed by atoms with Crippen molar-refractivity contribution >= 4 is 11.8 Å². The van der Waals surface area contributed by atoms with Gasteiger partial charge >= 0.3 is 0 Å². The summed E-state index contributed by atoms with van der Waals surface area (Å²) in [7, 11) is 0. The van der Waals surface area contributed by atoms with Gasteiger partial charge in [-0.1, -0.05) is 0 Å². The summed E-state index contributed by atoms with van der Waals surface area (Å²) in [5.74, 6) is 0.00995. The summed E-state index contributed by atoms with van der Waals surface area (Å²) in [6.45, 7) is 1.59. The molecule has 2 rings (SSSR count). The number of carbonyl (C=O) groups is 2. The topological polar surface area (TPSA) is 88.6 Å². The number of nitrogens with zero attached hydrogens (tertiary/aromatic N) is 1. The van der Waals surface area contributed by atoms with Gasteiger partial charge < -0.3 is 20.4 Å². The molecular formula is C13H19N3O3. The lowest BCUT2D eigenvalue weighted by atomic mass is 10.2. The van der Waals surface area contributed by atoms with E-state index >= 15 is 0 Å². The summed E-state index contributed by atoms with van der Waals surface area (Å²) in [5.41, 5.74) is 5.63. The van der Waals surface area contributed by atoms with Crippen LogP contribution in [0.25, 0.3) is 0 Å². The molecule has 6 heteroatoms. The predicted octanol–water partition coefficient (Wildman–Crippen LogP) is 0.349. The van der Waals surface area contributed by atoms with Crippen molar-refractivity contribution < 1.29 is 14.0 Å². The first-order valence-corrected chi connectivity index (χ1v) is 6.53. The van der Waals surface area contributed by atoms with Gasteiger partial charge in [0.2, 0.25) is 5.91 Å². The lowest BCUT2D eigenvalue weighted by Crippen LogP contribution is -2.41. The zero-order valence-electron chi connectivity index (χ0n) is 10.8.